The van der Waals surface area contributed by atoms with Gasteiger partial charge in [-0.25, -0.2) is 15.8 Å². The number of carbonyl (C=O) groups is 1. The van der Waals surface area contributed by atoms with Gasteiger partial charge in [0.05, 0.1) is 5.69 Å². The van der Waals surface area contributed by atoms with Crippen LogP contribution in [0.5, 0.6) is 0 Å². The van der Waals surface area contributed by atoms with Gasteiger partial charge in [-0.2, -0.15) is 0 Å². The number of aromatic nitrogens is 4. The van der Waals surface area contributed by atoms with E-state index in [-0.39, 0.29) is 11.9 Å². The van der Waals surface area contributed by atoms with Crippen molar-refractivity contribution in [1.82, 2.24) is 24.9 Å². The molecule has 0 spiro atoms. The van der Waals surface area contributed by atoms with Crippen LogP contribution in [-0.4, -0.2) is 36.9 Å². The van der Waals surface area contributed by atoms with Crippen molar-refractivity contribution in [2.24, 2.45) is 5.84 Å². The molecule has 7 heteroatoms. The lowest BCUT2D eigenvalue weighted by atomic mass is 10.1. The second-order valence-electron chi connectivity index (χ2n) is 5.07. The Balaban J connectivity index is 1.99. The monoisotopic (exact) mass is 284 g/mol. The summed E-state index contributed by atoms with van der Waals surface area (Å²) >= 11 is 0. The van der Waals surface area contributed by atoms with E-state index < -0.39 is 0 Å². The van der Waals surface area contributed by atoms with E-state index in [9.17, 15) is 4.79 Å². The fourth-order valence-corrected chi connectivity index (χ4v) is 2.13. The first-order valence-electron chi connectivity index (χ1n) is 6.63. The van der Waals surface area contributed by atoms with E-state index in [4.69, 9.17) is 5.84 Å². The zero-order chi connectivity index (χ0) is 15.0. The summed E-state index contributed by atoms with van der Waals surface area (Å²) in [5.74, 6) is 5.49. The van der Waals surface area contributed by atoms with Gasteiger partial charge in [-0.1, -0.05) is 0 Å². The number of hydrogen-bond acceptors (Lipinski definition) is 4. The molecule has 108 valence electrons. The van der Waals surface area contributed by atoms with E-state index in [1.54, 1.807) is 12.3 Å². The van der Waals surface area contributed by atoms with E-state index in [1.165, 1.54) is 11.3 Å². The molecular weight excluding hydrogens is 268 g/mol. The number of hydrogen-bond donors (Lipinski definition) is 3. The van der Waals surface area contributed by atoms with Crippen molar-refractivity contribution >= 4 is 16.9 Å². The highest BCUT2D eigenvalue weighted by molar-refractivity contribution is 5.96. The predicted molar refractivity (Wildman–Crippen MR) is 79.2 cm³/mol. The van der Waals surface area contributed by atoms with E-state index in [0.717, 1.165) is 22.3 Å². The number of aromatic amines is 2. The SMILES string of the molecule is CC(C)N(N)C(=O)c1cc(-c2ncnc3[nH]ccc23)c[nH]1. The first-order chi connectivity index (χ1) is 10.1. The second kappa shape index (κ2) is 5.02. The summed E-state index contributed by atoms with van der Waals surface area (Å²) in [6.07, 6.45) is 5.05. The summed E-state index contributed by atoms with van der Waals surface area (Å²) in [6, 6.07) is 3.58. The number of carbonyl (C=O) groups excluding carboxylic acids is 1. The number of nitrogens with two attached hydrogens (primary N) is 1. The third-order valence-corrected chi connectivity index (χ3v) is 3.33. The molecule has 0 saturated carbocycles. The average molecular weight is 284 g/mol. The van der Waals surface area contributed by atoms with Crippen LogP contribution in [0.15, 0.2) is 30.9 Å². The number of nitrogens with zero attached hydrogens (tertiary/aromatic N) is 3. The van der Waals surface area contributed by atoms with Gasteiger partial charge in [0, 0.05) is 29.4 Å². The van der Waals surface area contributed by atoms with Crippen LogP contribution >= 0.6 is 0 Å². The number of amides is 1. The number of rotatable bonds is 3. The zero-order valence-corrected chi connectivity index (χ0v) is 11.8. The molecule has 3 aromatic rings. The van der Waals surface area contributed by atoms with E-state index in [2.05, 4.69) is 19.9 Å². The first-order valence-corrected chi connectivity index (χ1v) is 6.63. The highest BCUT2D eigenvalue weighted by atomic mass is 16.2. The third kappa shape index (κ3) is 2.27. The molecule has 4 N–H and O–H groups in total. The number of hydrazine groups is 1. The molecule has 0 aliphatic rings. The van der Waals surface area contributed by atoms with Gasteiger partial charge in [0.2, 0.25) is 0 Å². The molecule has 0 aliphatic heterocycles. The molecule has 0 unspecified atom stereocenters. The zero-order valence-electron chi connectivity index (χ0n) is 11.8. The molecule has 7 nitrogen and oxygen atoms in total. The molecule has 0 radical (unpaired) electrons. The van der Waals surface area contributed by atoms with E-state index >= 15 is 0 Å². The van der Waals surface area contributed by atoms with Gasteiger partial charge < -0.3 is 9.97 Å². The fourth-order valence-electron chi connectivity index (χ4n) is 2.13. The van der Waals surface area contributed by atoms with Gasteiger partial charge in [0.25, 0.3) is 5.91 Å². The van der Waals surface area contributed by atoms with Crippen molar-refractivity contribution in [3.05, 3.63) is 36.5 Å². The van der Waals surface area contributed by atoms with Crippen molar-refractivity contribution in [2.45, 2.75) is 19.9 Å². The third-order valence-electron chi connectivity index (χ3n) is 3.33. The molecular formula is C14H16N6O. The Morgan fingerprint density at radius 2 is 2.14 bits per heavy atom. The van der Waals surface area contributed by atoms with Crippen LogP contribution in [0.2, 0.25) is 0 Å². The standard InChI is InChI=1S/C14H16N6O/c1-8(2)20(15)14(21)11-5-9(6-17-11)12-10-3-4-16-13(10)19-7-18-12/h3-8,17H,15H2,1-2H3,(H,16,18,19). The van der Waals surface area contributed by atoms with Crippen molar-refractivity contribution in [3.63, 3.8) is 0 Å². The summed E-state index contributed by atoms with van der Waals surface area (Å²) in [7, 11) is 0. The second-order valence-corrected chi connectivity index (χ2v) is 5.07. The predicted octanol–water partition coefficient (Wildman–Crippen LogP) is 1.68. The minimum Gasteiger partial charge on any atom is -0.356 e. The fraction of sp³-hybridized carbons (Fsp3) is 0.214. The first kappa shape index (κ1) is 13.3. The largest absolute Gasteiger partial charge is 0.356 e. The van der Waals surface area contributed by atoms with Crippen molar-refractivity contribution < 1.29 is 4.79 Å². The van der Waals surface area contributed by atoms with E-state index in [1.807, 2.05) is 26.1 Å². The molecule has 3 rings (SSSR count). The van der Waals surface area contributed by atoms with Crippen LogP contribution in [0.4, 0.5) is 0 Å². The number of H-pyrrole nitrogens is 2. The Bertz CT molecular complexity index is 787. The maximum Gasteiger partial charge on any atom is 0.284 e. The van der Waals surface area contributed by atoms with Crippen molar-refractivity contribution in [3.8, 4) is 11.3 Å². The molecule has 3 aromatic heterocycles. The quantitative estimate of drug-likeness (QED) is 0.386. The van der Waals surface area contributed by atoms with Crippen molar-refractivity contribution in [2.75, 3.05) is 0 Å². The molecule has 0 aromatic carbocycles. The minimum absolute atomic E-state index is 0.0697. The molecule has 0 saturated heterocycles. The van der Waals surface area contributed by atoms with Gasteiger partial charge in [0.1, 0.15) is 17.7 Å². The van der Waals surface area contributed by atoms with Crippen LogP contribution in [0.1, 0.15) is 24.3 Å². The van der Waals surface area contributed by atoms with Crippen LogP contribution < -0.4 is 5.84 Å². The average Bonchev–Trinajstić information content (AvgIpc) is 3.13. The van der Waals surface area contributed by atoms with Crippen LogP contribution in [-0.2, 0) is 0 Å². The van der Waals surface area contributed by atoms with Gasteiger partial charge in [-0.3, -0.25) is 9.80 Å². The normalized spacial score (nSPS) is 11.2. The Morgan fingerprint density at radius 1 is 1.33 bits per heavy atom. The number of nitrogens with one attached hydrogen (secondary N) is 2. The Kier molecular flexibility index (Phi) is 3.19. The summed E-state index contributed by atoms with van der Waals surface area (Å²) < 4.78 is 0. The summed E-state index contributed by atoms with van der Waals surface area (Å²) in [4.78, 5) is 26.6. The van der Waals surface area contributed by atoms with Gasteiger partial charge >= 0.3 is 0 Å². The van der Waals surface area contributed by atoms with Crippen LogP contribution in [0, 0.1) is 0 Å². The molecule has 0 aliphatic carbocycles. The Hall–Kier alpha value is -2.67. The van der Waals surface area contributed by atoms with Crippen LogP contribution in [0.25, 0.3) is 22.3 Å². The maximum absolute atomic E-state index is 12.2. The van der Waals surface area contributed by atoms with Crippen molar-refractivity contribution in [1.29, 1.82) is 0 Å². The minimum atomic E-state index is -0.254. The lowest BCUT2D eigenvalue weighted by molar-refractivity contribution is 0.0700. The van der Waals surface area contributed by atoms with E-state index in [0.29, 0.717) is 5.69 Å². The molecule has 0 fully saturated rings. The summed E-state index contributed by atoms with van der Waals surface area (Å²) in [5, 5.41) is 2.10. The van der Waals surface area contributed by atoms with Gasteiger partial charge in [-0.05, 0) is 26.0 Å². The maximum atomic E-state index is 12.2. The number of fused-ring (bicyclic) bond motifs is 1. The molecule has 0 atom stereocenters. The lowest BCUT2D eigenvalue weighted by Gasteiger charge is -2.19. The lowest BCUT2D eigenvalue weighted by Crippen LogP contribution is -2.42. The Labute approximate surface area is 121 Å². The van der Waals surface area contributed by atoms with Crippen LogP contribution in [0.3, 0.4) is 0 Å². The highest BCUT2D eigenvalue weighted by Crippen LogP contribution is 2.25. The molecule has 1 amide bonds. The Morgan fingerprint density at radius 3 is 2.90 bits per heavy atom. The molecule has 0 bridgehead atoms. The van der Waals surface area contributed by atoms with Gasteiger partial charge in [0.15, 0.2) is 0 Å². The smallest absolute Gasteiger partial charge is 0.284 e. The molecule has 3 heterocycles. The van der Waals surface area contributed by atoms with Gasteiger partial charge in [-0.15, -0.1) is 0 Å². The highest BCUT2D eigenvalue weighted by Gasteiger charge is 2.18. The molecule has 21 heavy (non-hydrogen) atoms. The summed E-state index contributed by atoms with van der Waals surface area (Å²) in [6.45, 7) is 3.71. The summed E-state index contributed by atoms with van der Waals surface area (Å²) in [5.41, 5.74) is 2.78. The topological polar surface area (TPSA) is 104 Å².